The third-order valence-electron chi connectivity index (χ3n) is 4.42. The lowest BCUT2D eigenvalue weighted by Gasteiger charge is -2.22. The van der Waals surface area contributed by atoms with E-state index in [1.807, 2.05) is 18.2 Å². The molecule has 2 rings (SSSR count). The summed E-state index contributed by atoms with van der Waals surface area (Å²) in [5.41, 5.74) is 1.02. The molecule has 20 heavy (non-hydrogen) atoms. The lowest BCUT2D eigenvalue weighted by molar-refractivity contribution is 0.262. The Balaban J connectivity index is 1.88. The predicted octanol–water partition coefficient (Wildman–Crippen LogP) is 3.16. The third kappa shape index (κ3) is 3.74. The molecule has 2 atom stereocenters. The molecule has 1 aliphatic heterocycles. The molecular formula is C17H28N2O. The van der Waals surface area contributed by atoms with Crippen molar-refractivity contribution in [3.05, 3.63) is 29.8 Å². The summed E-state index contributed by atoms with van der Waals surface area (Å²) < 4.78 is 0. The number of rotatable bonds is 6. The van der Waals surface area contributed by atoms with Crippen LogP contribution in [-0.2, 0) is 0 Å². The molecule has 1 fully saturated rings. The van der Waals surface area contributed by atoms with Gasteiger partial charge in [-0.25, -0.2) is 0 Å². The first-order valence-corrected chi connectivity index (χ1v) is 7.87. The Morgan fingerprint density at radius 3 is 2.70 bits per heavy atom. The minimum Gasteiger partial charge on any atom is -0.508 e. The van der Waals surface area contributed by atoms with Gasteiger partial charge in [0.25, 0.3) is 0 Å². The number of hydrogen-bond acceptors (Lipinski definition) is 3. The smallest absolute Gasteiger partial charge is 0.120 e. The molecule has 0 bridgehead atoms. The molecule has 1 aromatic rings. The molecule has 3 nitrogen and oxygen atoms in total. The van der Waals surface area contributed by atoms with Crippen LogP contribution in [-0.4, -0.2) is 35.7 Å². The minimum atomic E-state index is 0.254. The fraction of sp³-hybridized carbons (Fsp3) is 0.647. The van der Waals surface area contributed by atoms with Crippen LogP contribution in [0.25, 0.3) is 0 Å². The molecule has 1 aliphatic rings. The molecule has 0 aliphatic carbocycles. The van der Waals surface area contributed by atoms with Gasteiger partial charge in [-0.2, -0.15) is 0 Å². The van der Waals surface area contributed by atoms with Crippen molar-refractivity contribution in [1.82, 2.24) is 10.2 Å². The van der Waals surface area contributed by atoms with Gasteiger partial charge in [-0.15, -0.1) is 0 Å². The van der Waals surface area contributed by atoms with E-state index in [2.05, 4.69) is 31.0 Å². The summed E-state index contributed by atoms with van der Waals surface area (Å²) in [5, 5.41) is 13.6. The second-order valence-corrected chi connectivity index (χ2v) is 6.17. The molecule has 0 aromatic heterocycles. The van der Waals surface area contributed by atoms with Crippen LogP contribution < -0.4 is 5.32 Å². The van der Waals surface area contributed by atoms with Gasteiger partial charge in [0.05, 0.1) is 0 Å². The predicted molar refractivity (Wildman–Crippen MR) is 84.0 cm³/mol. The number of hydrogen-bond donors (Lipinski definition) is 2. The van der Waals surface area contributed by atoms with Crippen molar-refractivity contribution in [1.29, 1.82) is 0 Å². The first kappa shape index (κ1) is 15.3. The number of nitrogens with one attached hydrogen (secondary N) is 1. The zero-order chi connectivity index (χ0) is 14.5. The highest BCUT2D eigenvalue weighted by molar-refractivity contribution is 5.34. The molecule has 112 valence electrons. The van der Waals surface area contributed by atoms with Crippen LogP contribution in [0.4, 0.5) is 0 Å². The van der Waals surface area contributed by atoms with E-state index in [1.54, 1.807) is 6.07 Å². The van der Waals surface area contributed by atoms with E-state index in [9.17, 15) is 5.11 Å². The van der Waals surface area contributed by atoms with Crippen molar-refractivity contribution in [3.8, 4) is 5.75 Å². The largest absolute Gasteiger partial charge is 0.508 e. The SMILES string of the molecule is CCC(NCC1CCN(C(C)C)C1)c1ccccc1O. The Labute approximate surface area is 123 Å². The fourth-order valence-electron chi connectivity index (χ4n) is 3.06. The fourth-order valence-corrected chi connectivity index (χ4v) is 3.06. The van der Waals surface area contributed by atoms with Crippen molar-refractivity contribution in [2.45, 2.75) is 45.7 Å². The Morgan fingerprint density at radius 2 is 2.10 bits per heavy atom. The molecule has 0 amide bonds. The summed E-state index contributed by atoms with van der Waals surface area (Å²) in [7, 11) is 0. The molecule has 2 unspecified atom stereocenters. The lowest BCUT2D eigenvalue weighted by atomic mass is 10.0. The number of phenols is 1. The number of phenolic OH excluding ortho intramolecular Hbond substituents is 1. The summed E-state index contributed by atoms with van der Waals surface area (Å²) >= 11 is 0. The van der Waals surface area contributed by atoms with Crippen molar-refractivity contribution in [3.63, 3.8) is 0 Å². The van der Waals surface area contributed by atoms with E-state index in [-0.39, 0.29) is 6.04 Å². The number of likely N-dealkylation sites (tertiary alicyclic amines) is 1. The minimum absolute atomic E-state index is 0.254. The van der Waals surface area contributed by atoms with Gasteiger partial charge >= 0.3 is 0 Å². The quantitative estimate of drug-likeness (QED) is 0.838. The van der Waals surface area contributed by atoms with Crippen molar-refractivity contribution in [2.75, 3.05) is 19.6 Å². The topological polar surface area (TPSA) is 35.5 Å². The summed E-state index contributed by atoms with van der Waals surface area (Å²) in [6, 6.07) is 8.57. The van der Waals surface area contributed by atoms with E-state index in [0.717, 1.165) is 24.4 Å². The second-order valence-electron chi connectivity index (χ2n) is 6.17. The maximum Gasteiger partial charge on any atom is 0.120 e. The van der Waals surface area contributed by atoms with Crippen LogP contribution in [0, 0.1) is 5.92 Å². The molecule has 1 heterocycles. The van der Waals surface area contributed by atoms with Crippen molar-refractivity contribution >= 4 is 0 Å². The molecule has 0 radical (unpaired) electrons. The highest BCUT2D eigenvalue weighted by atomic mass is 16.3. The monoisotopic (exact) mass is 276 g/mol. The molecule has 1 saturated heterocycles. The van der Waals surface area contributed by atoms with Crippen LogP contribution in [0.1, 0.15) is 45.2 Å². The van der Waals surface area contributed by atoms with Crippen LogP contribution in [0.2, 0.25) is 0 Å². The summed E-state index contributed by atoms with van der Waals surface area (Å²) in [6.07, 6.45) is 2.28. The van der Waals surface area contributed by atoms with E-state index in [4.69, 9.17) is 0 Å². The van der Waals surface area contributed by atoms with Gasteiger partial charge in [-0.05, 0) is 51.8 Å². The van der Waals surface area contributed by atoms with Gasteiger partial charge in [0.15, 0.2) is 0 Å². The van der Waals surface area contributed by atoms with Gasteiger partial charge in [-0.3, -0.25) is 0 Å². The highest BCUT2D eigenvalue weighted by Gasteiger charge is 2.24. The maximum absolute atomic E-state index is 9.97. The van der Waals surface area contributed by atoms with E-state index < -0.39 is 0 Å². The Bertz CT molecular complexity index is 419. The molecule has 0 saturated carbocycles. The van der Waals surface area contributed by atoms with Crippen molar-refractivity contribution < 1.29 is 5.11 Å². The molecular weight excluding hydrogens is 248 g/mol. The average molecular weight is 276 g/mol. The van der Waals surface area contributed by atoms with Crippen LogP contribution >= 0.6 is 0 Å². The normalized spacial score (nSPS) is 21.5. The van der Waals surface area contributed by atoms with Crippen molar-refractivity contribution in [2.24, 2.45) is 5.92 Å². The summed E-state index contributed by atoms with van der Waals surface area (Å²) in [5.74, 6) is 1.14. The molecule has 2 N–H and O–H groups in total. The summed E-state index contributed by atoms with van der Waals surface area (Å²) in [6.45, 7) is 10.2. The second kappa shape index (κ2) is 7.09. The van der Waals surface area contributed by atoms with Gasteiger partial charge in [0.1, 0.15) is 5.75 Å². The van der Waals surface area contributed by atoms with E-state index in [1.165, 1.54) is 19.5 Å². The van der Waals surface area contributed by atoms with Gasteiger partial charge in [0.2, 0.25) is 0 Å². The van der Waals surface area contributed by atoms with Crippen LogP contribution in [0.5, 0.6) is 5.75 Å². The molecule has 0 spiro atoms. The standard InChI is InChI=1S/C17H28N2O/c1-4-16(15-7-5-6-8-17(15)20)18-11-14-9-10-19(12-14)13(2)3/h5-8,13-14,16,18,20H,4,9-12H2,1-3H3. The lowest BCUT2D eigenvalue weighted by Crippen LogP contribution is -2.32. The molecule has 3 heteroatoms. The van der Waals surface area contributed by atoms with E-state index in [0.29, 0.717) is 11.8 Å². The number of para-hydroxylation sites is 1. The van der Waals surface area contributed by atoms with E-state index >= 15 is 0 Å². The number of nitrogens with zero attached hydrogens (tertiary/aromatic N) is 1. The zero-order valence-corrected chi connectivity index (χ0v) is 13.0. The first-order valence-electron chi connectivity index (χ1n) is 7.87. The highest BCUT2D eigenvalue weighted by Crippen LogP contribution is 2.26. The maximum atomic E-state index is 9.97. The number of aromatic hydroxyl groups is 1. The Hall–Kier alpha value is -1.06. The number of benzene rings is 1. The molecule has 1 aromatic carbocycles. The average Bonchev–Trinajstić information content (AvgIpc) is 2.90. The van der Waals surface area contributed by atoms with Gasteiger partial charge in [0, 0.05) is 24.2 Å². The Kier molecular flexibility index (Phi) is 5.44. The zero-order valence-electron chi connectivity index (χ0n) is 13.0. The van der Waals surface area contributed by atoms with Crippen LogP contribution in [0.3, 0.4) is 0 Å². The third-order valence-corrected chi connectivity index (χ3v) is 4.42. The first-order chi connectivity index (χ1) is 9.61. The van der Waals surface area contributed by atoms with Crippen LogP contribution in [0.15, 0.2) is 24.3 Å². The summed E-state index contributed by atoms with van der Waals surface area (Å²) in [4.78, 5) is 2.55. The Morgan fingerprint density at radius 1 is 1.35 bits per heavy atom. The van der Waals surface area contributed by atoms with Gasteiger partial charge in [-0.1, -0.05) is 25.1 Å². The van der Waals surface area contributed by atoms with Gasteiger partial charge < -0.3 is 15.3 Å².